The van der Waals surface area contributed by atoms with Crippen molar-refractivity contribution in [2.75, 3.05) is 25.9 Å². The Morgan fingerprint density at radius 1 is 1.29 bits per heavy atom. The number of piperidine rings is 1. The molecule has 2 rings (SSSR count). The van der Waals surface area contributed by atoms with Crippen molar-refractivity contribution in [1.82, 2.24) is 4.90 Å². The van der Waals surface area contributed by atoms with Crippen molar-refractivity contribution < 1.29 is 9.90 Å². The first-order chi connectivity index (χ1) is 9.67. The fourth-order valence-electron chi connectivity index (χ4n) is 3.04. The van der Waals surface area contributed by atoms with Crippen molar-refractivity contribution in [2.24, 2.45) is 0 Å². The van der Waals surface area contributed by atoms with E-state index in [-0.39, 0.29) is 5.41 Å². The smallest absolute Gasteiger partial charge is 0.314 e. The maximum Gasteiger partial charge on any atom is 0.314 e. The number of carboxylic acids is 1. The summed E-state index contributed by atoms with van der Waals surface area (Å²) in [5.74, 6) is -0.756. The highest BCUT2D eigenvalue weighted by molar-refractivity contribution is 5.84. The number of aliphatic carboxylic acids is 1. The van der Waals surface area contributed by atoms with Crippen LogP contribution in [0.1, 0.15) is 44.7 Å². The van der Waals surface area contributed by atoms with Gasteiger partial charge in [-0.3, -0.25) is 4.79 Å². The van der Waals surface area contributed by atoms with Gasteiger partial charge in [0.2, 0.25) is 0 Å². The van der Waals surface area contributed by atoms with E-state index >= 15 is 0 Å². The maximum absolute atomic E-state index is 12.0. The zero-order chi connectivity index (χ0) is 15.8. The minimum Gasteiger partial charge on any atom is -0.481 e. The molecule has 0 radical (unpaired) electrons. The third kappa shape index (κ3) is 2.91. The van der Waals surface area contributed by atoms with Crippen LogP contribution in [-0.4, -0.2) is 36.1 Å². The first-order valence-corrected chi connectivity index (χ1v) is 7.49. The quantitative estimate of drug-likeness (QED) is 0.822. The van der Waals surface area contributed by atoms with E-state index in [0.717, 1.165) is 24.2 Å². The third-order valence-electron chi connectivity index (χ3n) is 4.68. The van der Waals surface area contributed by atoms with Gasteiger partial charge in [-0.05, 0) is 55.6 Å². The normalized spacial score (nSPS) is 19.4. The van der Waals surface area contributed by atoms with Crippen molar-refractivity contribution in [3.05, 3.63) is 29.3 Å². The van der Waals surface area contributed by atoms with Crippen molar-refractivity contribution in [3.63, 3.8) is 0 Å². The van der Waals surface area contributed by atoms with Crippen molar-refractivity contribution in [2.45, 2.75) is 44.4 Å². The molecule has 0 aliphatic carbocycles. The number of hydrogen-bond donors (Lipinski definition) is 2. The second-order valence-electron chi connectivity index (χ2n) is 7.24. The molecular weight excluding hydrogens is 264 g/mol. The highest BCUT2D eigenvalue weighted by Crippen LogP contribution is 2.40. The van der Waals surface area contributed by atoms with Crippen molar-refractivity contribution >= 4 is 11.7 Å². The predicted molar refractivity (Wildman–Crippen MR) is 85.6 cm³/mol. The van der Waals surface area contributed by atoms with E-state index in [2.05, 4.69) is 25.7 Å². The topological polar surface area (TPSA) is 66.6 Å². The number of hydrogen-bond acceptors (Lipinski definition) is 3. The summed E-state index contributed by atoms with van der Waals surface area (Å²) in [5, 5.41) is 9.87. The molecule has 0 saturated carbocycles. The molecule has 0 bridgehead atoms. The summed E-state index contributed by atoms with van der Waals surface area (Å²) in [6.45, 7) is 7.95. The Labute approximate surface area is 126 Å². The van der Waals surface area contributed by atoms with Crippen LogP contribution in [0.3, 0.4) is 0 Å². The number of nitrogen functional groups attached to an aromatic ring is 1. The molecule has 0 unspecified atom stereocenters. The zero-order valence-corrected chi connectivity index (χ0v) is 13.4. The molecular formula is C17H26N2O2. The Bertz CT molecular complexity index is 538. The van der Waals surface area contributed by atoms with Gasteiger partial charge in [0.25, 0.3) is 0 Å². The van der Waals surface area contributed by atoms with Crippen molar-refractivity contribution in [3.8, 4) is 0 Å². The fraction of sp³-hybridized carbons (Fsp3) is 0.588. The predicted octanol–water partition coefficient (Wildman–Crippen LogP) is 2.61. The molecule has 0 spiro atoms. The fourth-order valence-corrected chi connectivity index (χ4v) is 3.04. The molecule has 1 heterocycles. The molecule has 1 fully saturated rings. The summed E-state index contributed by atoms with van der Waals surface area (Å²) in [4.78, 5) is 14.2. The van der Waals surface area contributed by atoms with Gasteiger partial charge >= 0.3 is 5.97 Å². The summed E-state index contributed by atoms with van der Waals surface area (Å²) in [5.41, 5.74) is 7.79. The Hall–Kier alpha value is -1.55. The Morgan fingerprint density at radius 3 is 2.33 bits per heavy atom. The number of anilines is 1. The molecule has 116 valence electrons. The summed E-state index contributed by atoms with van der Waals surface area (Å²) in [6, 6.07) is 5.87. The standard InChI is InChI=1S/C17H26N2O2/c1-16(2,3)12-5-6-14(18)13(11-12)17(15(20)21)7-9-19(4)10-8-17/h5-6,11H,7-10,18H2,1-4H3,(H,20,21). The monoisotopic (exact) mass is 290 g/mol. The van der Waals surface area contributed by atoms with E-state index in [1.807, 2.05) is 25.2 Å². The molecule has 0 amide bonds. The van der Waals surface area contributed by atoms with Gasteiger partial charge < -0.3 is 15.7 Å². The van der Waals surface area contributed by atoms with Gasteiger partial charge in [0.1, 0.15) is 0 Å². The summed E-state index contributed by atoms with van der Waals surface area (Å²) in [6.07, 6.45) is 1.22. The summed E-state index contributed by atoms with van der Waals surface area (Å²) >= 11 is 0. The van der Waals surface area contributed by atoms with Gasteiger partial charge in [-0.25, -0.2) is 0 Å². The lowest BCUT2D eigenvalue weighted by Crippen LogP contribution is -2.46. The van der Waals surface area contributed by atoms with Gasteiger partial charge in [-0.2, -0.15) is 0 Å². The number of benzene rings is 1. The molecule has 1 aliphatic rings. The molecule has 3 N–H and O–H groups in total. The summed E-state index contributed by atoms with van der Waals surface area (Å²) < 4.78 is 0. The van der Waals surface area contributed by atoms with E-state index in [1.165, 1.54) is 0 Å². The van der Waals surface area contributed by atoms with Gasteiger partial charge in [-0.1, -0.05) is 32.9 Å². The Balaban J connectivity index is 2.53. The van der Waals surface area contributed by atoms with Crippen LogP contribution in [0.5, 0.6) is 0 Å². The highest BCUT2D eigenvalue weighted by Gasteiger charge is 2.44. The highest BCUT2D eigenvalue weighted by atomic mass is 16.4. The van der Waals surface area contributed by atoms with Gasteiger partial charge in [0.05, 0.1) is 5.41 Å². The van der Waals surface area contributed by atoms with Crippen LogP contribution in [0, 0.1) is 0 Å². The molecule has 0 atom stereocenters. The molecule has 0 aromatic heterocycles. The van der Waals surface area contributed by atoms with Crippen LogP contribution in [0.2, 0.25) is 0 Å². The van der Waals surface area contributed by atoms with E-state index in [1.54, 1.807) is 0 Å². The SMILES string of the molecule is CN1CCC(C(=O)O)(c2cc(C(C)(C)C)ccc2N)CC1. The van der Waals surface area contributed by atoms with Gasteiger partial charge in [0.15, 0.2) is 0 Å². The molecule has 1 aromatic carbocycles. The number of nitrogens with two attached hydrogens (primary N) is 1. The number of carbonyl (C=O) groups is 1. The second-order valence-corrected chi connectivity index (χ2v) is 7.24. The molecule has 1 aliphatic heterocycles. The first kappa shape index (κ1) is 15.8. The second kappa shape index (κ2) is 5.34. The molecule has 1 saturated heterocycles. The first-order valence-electron chi connectivity index (χ1n) is 7.49. The van der Waals surface area contributed by atoms with Gasteiger partial charge in [-0.15, -0.1) is 0 Å². The zero-order valence-electron chi connectivity index (χ0n) is 13.4. The van der Waals surface area contributed by atoms with Crippen LogP contribution in [0.4, 0.5) is 5.69 Å². The largest absolute Gasteiger partial charge is 0.481 e. The van der Waals surface area contributed by atoms with Crippen LogP contribution in [-0.2, 0) is 15.6 Å². The van der Waals surface area contributed by atoms with Crippen LogP contribution < -0.4 is 5.73 Å². The Morgan fingerprint density at radius 2 is 1.86 bits per heavy atom. The van der Waals surface area contributed by atoms with Crippen molar-refractivity contribution in [1.29, 1.82) is 0 Å². The van der Waals surface area contributed by atoms with E-state index in [9.17, 15) is 9.90 Å². The molecule has 4 heteroatoms. The molecule has 21 heavy (non-hydrogen) atoms. The van der Waals surface area contributed by atoms with E-state index in [4.69, 9.17) is 5.73 Å². The average molecular weight is 290 g/mol. The van der Waals surface area contributed by atoms with E-state index in [0.29, 0.717) is 18.5 Å². The average Bonchev–Trinajstić information content (AvgIpc) is 2.39. The number of nitrogens with zero attached hydrogens (tertiary/aromatic N) is 1. The summed E-state index contributed by atoms with van der Waals surface area (Å²) in [7, 11) is 2.03. The van der Waals surface area contributed by atoms with Crippen LogP contribution in [0.25, 0.3) is 0 Å². The third-order valence-corrected chi connectivity index (χ3v) is 4.68. The lowest BCUT2D eigenvalue weighted by atomic mass is 9.70. The van der Waals surface area contributed by atoms with Crippen LogP contribution >= 0.6 is 0 Å². The molecule has 1 aromatic rings. The minimum absolute atomic E-state index is 0.0202. The molecule has 4 nitrogen and oxygen atoms in total. The lowest BCUT2D eigenvalue weighted by molar-refractivity contribution is -0.145. The number of carboxylic acid groups (broad SMARTS) is 1. The lowest BCUT2D eigenvalue weighted by Gasteiger charge is -2.39. The maximum atomic E-state index is 12.0. The Kier molecular flexibility index (Phi) is 4.02. The van der Waals surface area contributed by atoms with E-state index < -0.39 is 11.4 Å². The number of likely N-dealkylation sites (tertiary alicyclic amines) is 1. The van der Waals surface area contributed by atoms with Crippen LogP contribution in [0.15, 0.2) is 18.2 Å². The van der Waals surface area contributed by atoms with Gasteiger partial charge in [0, 0.05) is 5.69 Å². The number of rotatable bonds is 2. The minimum atomic E-state index is -0.849.